The first-order valence-electron chi connectivity index (χ1n) is 25.3. The number of hydrogen-bond acceptors (Lipinski definition) is 16. The van der Waals surface area contributed by atoms with Gasteiger partial charge in [0, 0.05) is 45.4 Å². The van der Waals surface area contributed by atoms with Crippen molar-refractivity contribution in [3.8, 4) is 0 Å². The highest BCUT2D eigenvalue weighted by atomic mass is 16.5. The Morgan fingerprint density at radius 3 is 1.00 bits per heavy atom. The zero-order chi connectivity index (χ0) is 52.3. The van der Waals surface area contributed by atoms with Crippen LogP contribution in [0, 0.1) is 0 Å². The quantitative estimate of drug-likeness (QED) is 0.0428. The topological polar surface area (TPSA) is 311 Å². The van der Waals surface area contributed by atoms with Gasteiger partial charge in [0.1, 0.15) is 32.5 Å². The van der Waals surface area contributed by atoms with Crippen molar-refractivity contribution in [2.75, 3.05) is 132 Å². The first-order chi connectivity index (χ1) is 34.4. The smallest absolute Gasteiger partial charge is 0.326 e. The number of carbonyl (C=O) groups is 8. The molecule has 23 nitrogen and oxygen atoms in total. The van der Waals surface area contributed by atoms with Gasteiger partial charge in [0.2, 0.25) is 29.5 Å². The maximum atomic E-state index is 12.3. The summed E-state index contributed by atoms with van der Waals surface area (Å²) < 4.78 is 42.3. The molecule has 1 unspecified atom stereocenters. The lowest BCUT2D eigenvalue weighted by atomic mass is 10.0. The molecular formula is C48H87N5O18. The standard InChI is InChI=1S/C48H87N5O18/c1-40(54)36-68-32-28-65-25-21-50-44(57)38-70-34-30-67-27-23-52-46(59)39-71-35-31-66-26-22-51-45(58)37-69-33-29-64-24-20-49-42(55)19-18-41(48(62)63)53-43(56)16-14-12-10-8-6-4-2-3-5-7-9-11-13-15-17-47(60)61/h41H,2-39H2,1H3,(H,49,55)(H,50,57)(H,51,58)(H,52,59)(H,53,56)(H,60,61)(H,62,63). The number of Topliss-reactive ketones (excluding diaryl/α,β-unsaturated/α-hetero) is 1. The lowest BCUT2D eigenvalue weighted by Gasteiger charge is -2.14. The highest BCUT2D eigenvalue weighted by molar-refractivity contribution is 5.84. The fraction of sp³-hybridized carbons (Fsp3) is 0.833. The number of amides is 5. The molecule has 0 aliphatic carbocycles. The van der Waals surface area contributed by atoms with Crippen LogP contribution in [0.3, 0.4) is 0 Å². The highest BCUT2D eigenvalue weighted by Gasteiger charge is 2.21. The molecule has 1 atom stereocenters. The van der Waals surface area contributed by atoms with Gasteiger partial charge in [-0.1, -0.05) is 77.0 Å². The first-order valence-corrected chi connectivity index (χ1v) is 25.3. The number of ether oxygens (including phenoxy) is 8. The van der Waals surface area contributed by atoms with E-state index in [-0.39, 0.29) is 167 Å². The summed E-state index contributed by atoms with van der Waals surface area (Å²) in [4.78, 5) is 93.1. The molecule has 0 radical (unpaired) electrons. The largest absolute Gasteiger partial charge is 0.481 e. The minimum absolute atomic E-state index is 0.0365. The van der Waals surface area contributed by atoms with E-state index in [4.69, 9.17) is 43.0 Å². The van der Waals surface area contributed by atoms with E-state index in [1.165, 1.54) is 45.4 Å². The van der Waals surface area contributed by atoms with Crippen molar-refractivity contribution in [2.45, 2.75) is 129 Å². The van der Waals surface area contributed by atoms with Gasteiger partial charge >= 0.3 is 11.9 Å². The molecule has 7 N–H and O–H groups in total. The van der Waals surface area contributed by atoms with Crippen molar-refractivity contribution < 1.29 is 86.5 Å². The fourth-order valence-corrected chi connectivity index (χ4v) is 6.36. The number of nitrogens with one attached hydrogen (secondary N) is 5. The fourth-order valence-electron chi connectivity index (χ4n) is 6.36. The lowest BCUT2D eigenvalue weighted by Crippen LogP contribution is -2.41. The number of rotatable bonds is 54. The number of aliphatic carboxylic acids is 2. The van der Waals surface area contributed by atoms with E-state index in [0.717, 1.165) is 44.9 Å². The van der Waals surface area contributed by atoms with Gasteiger partial charge in [-0.25, -0.2) is 4.79 Å². The zero-order valence-electron chi connectivity index (χ0n) is 42.4. The zero-order valence-corrected chi connectivity index (χ0v) is 42.4. The number of ketones is 1. The van der Waals surface area contributed by atoms with E-state index in [1.807, 2.05) is 0 Å². The van der Waals surface area contributed by atoms with Crippen molar-refractivity contribution in [3.05, 3.63) is 0 Å². The molecule has 0 rings (SSSR count). The molecule has 0 fully saturated rings. The van der Waals surface area contributed by atoms with E-state index < -0.39 is 18.0 Å². The van der Waals surface area contributed by atoms with Crippen molar-refractivity contribution in [3.63, 3.8) is 0 Å². The molecule has 0 saturated carbocycles. The third-order valence-corrected chi connectivity index (χ3v) is 10.1. The normalized spacial score (nSPS) is 11.5. The molecule has 5 amide bonds. The van der Waals surface area contributed by atoms with E-state index >= 15 is 0 Å². The Balaban J connectivity index is 3.59. The third-order valence-electron chi connectivity index (χ3n) is 10.1. The summed E-state index contributed by atoms with van der Waals surface area (Å²) in [6.45, 7) is 4.86. The Kier molecular flexibility index (Phi) is 47.5. The molecular weight excluding hydrogens is 935 g/mol. The maximum absolute atomic E-state index is 12.3. The van der Waals surface area contributed by atoms with Gasteiger partial charge in [0.15, 0.2) is 5.78 Å². The second-order valence-electron chi connectivity index (χ2n) is 16.6. The summed E-state index contributed by atoms with van der Waals surface area (Å²) >= 11 is 0. The van der Waals surface area contributed by atoms with E-state index in [0.29, 0.717) is 32.8 Å². The van der Waals surface area contributed by atoms with Crippen LogP contribution in [0.25, 0.3) is 0 Å². The molecule has 0 aromatic rings. The Morgan fingerprint density at radius 1 is 0.352 bits per heavy atom. The SMILES string of the molecule is CC(=O)COCCOCCNC(=O)COCCOCCNC(=O)COCCOCCNC(=O)COCCOCCNC(=O)CCC(NC(=O)CCCCCCCCCCCCCCCCC(=O)O)C(=O)O. The predicted molar refractivity (Wildman–Crippen MR) is 260 cm³/mol. The minimum atomic E-state index is -1.19. The summed E-state index contributed by atoms with van der Waals surface area (Å²) in [5.41, 5.74) is 0. The summed E-state index contributed by atoms with van der Waals surface area (Å²) in [5.74, 6) is -3.62. The van der Waals surface area contributed by atoms with Gasteiger partial charge in [-0.2, -0.15) is 0 Å². The minimum Gasteiger partial charge on any atom is -0.481 e. The third kappa shape index (κ3) is 51.8. The van der Waals surface area contributed by atoms with E-state index in [2.05, 4.69) is 26.6 Å². The highest BCUT2D eigenvalue weighted by Crippen LogP contribution is 2.14. The average Bonchev–Trinajstić information content (AvgIpc) is 3.33. The van der Waals surface area contributed by atoms with Gasteiger partial charge in [0.05, 0.1) is 79.3 Å². The van der Waals surface area contributed by atoms with Gasteiger partial charge in [0.25, 0.3) is 0 Å². The van der Waals surface area contributed by atoms with Crippen molar-refractivity contribution >= 4 is 47.3 Å². The van der Waals surface area contributed by atoms with Crippen LogP contribution in [0.4, 0.5) is 0 Å². The average molecular weight is 1020 g/mol. The Morgan fingerprint density at radius 2 is 0.662 bits per heavy atom. The summed E-state index contributed by atoms with van der Waals surface area (Å²) in [6, 6.07) is -1.15. The molecule has 71 heavy (non-hydrogen) atoms. The maximum Gasteiger partial charge on any atom is 0.326 e. The number of unbranched alkanes of at least 4 members (excludes halogenated alkanes) is 13. The van der Waals surface area contributed by atoms with Crippen LogP contribution in [-0.2, 0) is 76.3 Å². The summed E-state index contributed by atoms with van der Waals surface area (Å²) in [6.07, 6.45) is 15.4. The number of hydrogen-bond donors (Lipinski definition) is 7. The predicted octanol–water partition coefficient (Wildman–Crippen LogP) is 1.85. The number of carboxylic acid groups (broad SMARTS) is 2. The van der Waals surface area contributed by atoms with Gasteiger partial charge in [-0.3, -0.25) is 33.6 Å². The van der Waals surface area contributed by atoms with Crippen LogP contribution in [0.1, 0.15) is 122 Å². The molecule has 0 heterocycles. The van der Waals surface area contributed by atoms with E-state index in [1.54, 1.807) is 0 Å². The van der Waals surface area contributed by atoms with Gasteiger partial charge in [-0.15, -0.1) is 0 Å². The molecule has 0 spiro atoms. The number of carbonyl (C=O) groups excluding carboxylic acids is 6. The van der Waals surface area contributed by atoms with Crippen LogP contribution in [0.2, 0.25) is 0 Å². The summed E-state index contributed by atoms with van der Waals surface area (Å²) in [7, 11) is 0. The monoisotopic (exact) mass is 1020 g/mol. The summed E-state index contributed by atoms with van der Waals surface area (Å²) in [5, 5.41) is 31.3. The van der Waals surface area contributed by atoms with Crippen LogP contribution >= 0.6 is 0 Å². The molecule has 412 valence electrons. The number of carboxylic acids is 2. The lowest BCUT2D eigenvalue weighted by molar-refractivity contribution is -0.142. The molecule has 0 aliphatic heterocycles. The molecule has 0 saturated heterocycles. The van der Waals surface area contributed by atoms with Crippen LogP contribution in [-0.4, -0.2) is 195 Å². The van der Waals surface area contributed by atoms with Gasteiger partial charge in [-0.05, 0) is 26.2 Å². The van der Waals surface area contributed by atoms with Gasteiger partial charge < -0.3 is 74.7 Å². The van der Waals surface area contributed by atoms with Crippen molar-refractivity contribution in [1.29, 1.82) is 0 Å². The molecule has 0 aromatic carbocycles. The molecule has 0 bridgehead atoms. The van der Waals surface area contributed by atoms with Crippen LogP contribution < -0.4 is 26.6 Å². The molecule has 23 heteroatoms. The van der Waals surface area contributed by atoms with E-state index in [9.17, 15) is 43.5 Å². The second kappa shape index (κ2) is 50.6. The Bertz CT molecular complexity index is 1410. The molecule has 0 aromatic heterocycles. The van der Waals surface area contributed by atoms with Crippen LogP contribution in [0.15, 0.2) is 0 Å². The Labute approximate surface area is 419 Å². The second-order valence-corrected chi connectivity index (χ2v) is 16.6. The Hall–Kier alpha value is -4.36. The van der Waals surface area contributed by atoms with Crippen molar-refractivity contribution in [2.24, 2.45) is 0 Å². The van der Waals surface area contributed by atoms with Crippen molar-refractivity contribution in [1.82, 2.24) is 26.6 Å². The first kappa shape index (κ1) is 66.6. The molecule has 0 aliphatic rings. The van der Waals surface area contributed by atoms with Crippen LogP contribution in [0.5, 0.6) is 0 Å².